The highest BCUT2D eigenvalue weighted by atomic mass is 32.2. The zero-order valence-electron chi connectivity index (χ0n) is 13.2. The van der Waals surface area contributed by atoms with Crippen molar-refractivity contribution in [3.05, 3.63) is 47.3 Å². The molecule has 1 aliphatic rings. The van der Waals surface area contributed by atoms with Gasteiger partial charge in [-0.05, 0) is 32.4 Å². The number of hydrogen-bond donors (Lipinski definition) is 0. The summed E-state index contributed by atoms with van der Waals surface area (Å²) in [6.07, 6.45) is 0.581. The molecule has 0 amide bonds. The summed E-state index contributed by atoms with van der Waals surface area (Å²) in [4.78, 5) is 0.325. The summed E-state index contributed by atoms with van der Waals surface area (Å²) in [5.41, 5.74) is 1.75. The van der Waals surface area contributed by atoms with Gasteiger partial charge in [-0.2, -0.15) is 4.31 Å². The Morgan fingerprint density at radius 2 is 2.04 bits per heavy atom. The predicted molar refractivity (Wildman–Crippen MR) is 84.4 cm³/mol. The van der Waals surface area contributed by atoms with Crippen LogP contribution in [0.4, 0.5) is 0 Å². The van der Waals surface area contributed by atoms with E-state index in [4.69, 9.17) is 9.26 Å². The molecule has 1 fully saturated rings. The van der Waals surface area contributed by atoms with Gasteiger partial charge in [-0.3, -0.25) is 0 Å². The molecule has 3 rings (SSSR count). The monoisotopic (exact) mass is 336 g/mol. The Morgan fingerprint density at radius 3 is 2.70 bits per heavy atom. The van der Waals surface area contributed by atoms with Gasteiger partial charge >= 0.3 is 0 Å². The topological polar surface area (TPSA) is 72.6 Å². The first-order chi connectivity index (χ1) is 11.0. The van der Waals surface area contributed by atoms with Crippen LogP contribution in [-0.4, -0.2) is 37.1 Å². The molecule has 0 bridgehead atoms. The van der Waals surface area contributed by atoms with Gasteiger partial charge in [0.25, 0.3) is 0 Å². The molecule has 2 heterocycles. The highest BCUT2D eigenvalue weighted by Crippen LogP contribution is 2.23. The lowest BCUT2D eigenvalue weighted by molar-refractivity contribution is 0.0500. The normalized spacial score (nSPS) is 19.3. The molecule has 0 aliphatic carbocycles. The van der Waals surface area contributed by atoms with Gasteiger partial charge in [0.05, 0.1) is 23.3 Å². The Morgan fingerprint density at radius 1 is 1.30 bits per heavy atom. The number of rotatable bonds is 5. The molecule has 7 heteroatoms. The molecule has 1 aliphatic heterocycles. The molecule has 1 aromatic carbocycles. The molecule has 0 saturated carbocycles. The van der Waals surface area contributed by atoms with Crippen molar-refractivity contribution in [3.63, 3.8) is 0 Å². The molecular formula is C16H20N2O4S. The lowest BCUT2D eigenvalue weighted by Gasteiger charge is -2.16. The summed E-state index contributed by atoms with van der Waals surface area (Å²) < 4.78 is 37.6. The van der Waals surface area contributed by atoms with Crippen LogP contribution in [0.5, 0.6) is 0 Å². The van der Waals surface area contributed by atoms with Crippen molar-refractivity contribution < 1.29 is 17.7 Å². The summed E-state index contributed by atoms with van der Waals surface area (Å²) in [5, 5.41) is 3.89. The van der Waals surface area contributed by atoms with E-state index in [0.29, 0.717) is 31.0 Å². The average molecular weight is 336 g/mol. The van der Waals surface area contributed by atoms with Crippen molar-refractivity contribution in [1.29, 1.82) is 0 Å². The Labute approximate surface area is 136 Å². The predicted octanol–water partition coefficient (Wildman–Crippen LogP) is 2.27. The van der Waals surface area contributed by atoms with Gasteiger partial charge in [0.2, 0.25) is 10.0 Å². The zero-order chi connectivity index (χ0) is 16.4. The molecule has 0 N–H and O–H groups in total. The van der Waals surface area contributed by atoms with Crippen LogP contribution in [0.15, 0.2) is 39.8 Å². The molecular weight excluding hydrogens is 316 g/mol. The second kappa shape index (κ2) is 6.43. The van der Waals surface area contributed by atoms with Crippen LogP contribution in [0.1, 0.15) is 23.4 Å². The number of ether oxygens (including phenoxy) is 1. The van der Waals surface area contributed by atoms with E-state index < -0.39 is 10.0 Å². The van der Waals surface area contributed by atoms with Gasteiger partial charge in [0, 0.05) is 18.7 Å². The Bertz CT molecular complexity index is 751. The highest BCUT2D eigenvalue weighted by Gasteiger charge is 2.33. The van der Waals surface area contributed by atoms with Gasteiger partial charge in [0.15, 0.2) is 0 Å². The van der Waals surface area contributed by atoms with E-state index >= 15 is 0 Å². The average Bonchev–Trinajstić information content (AvgIpc) is 3.14. The van der Waals surface area contributed by atoms with E-state index in [1.807, 2.05) is 13.8 Å². The summed E-state index contributed by atoms with van der Waals surface area (Å²) in [6, 6.07) is 8.50. The fourth-order valence-electron chi connectivity index (χ4n) is 2.70. The molecule has 124 valence electrons. The minimum Gasteiger partial charge on any atom is -0.372 e. The molecule has 1 atom stereocenters. The molecule has 1 unspecified atom stereocenters. The second-order valence-electron chi connectivity index (χ2n) is 5.70. The first-order valence-corrected chi connectivity index (χ1v) is 9.01. The minimum absolute atomic E-state index is 0.109. The van der Waals surface area contributed by atoms with Crippen LogP contribution in [-0.2, 0) is 21.4 Å². The number of aryl methyl sites for hydroxylation is 2. The zero-order valence-corrected chi connectivity index (χ0v) is 14.0. The molecule has 6 nitrogen and oxygen atoms in total. The first-order valence-electron chi connectivity index (χ1n) is 7.57. The van der Waals surface area contributed by atoms with Crippen molar-refractivity contribution in [2.24, 2.45) is 0 Å². The van der Waals surface area contributed by atoms with Gasteiger partial charge in [0.1, 0.15) is 5.76 Å². The van der Waals surface area contributed by atoms with Gasteiger partial charge in [-0.25, -0.2) is 8.42 Å². The quantitative estimate of drug-likeness (QED) is 0.837. The van der Waals surface area contributed by atoms with Crippen LogP contribution < -0.4 is 0 Å². The summed E-state index contributed by atoms with van der Waals surface area (Å²) in [5.74, 6) is 0.745. The van der Waals surface area contributed by atoms with Crippen molar-refractivity contribution in [2.45, 2.75) is 37.9 Å². The minimum atomic E-state index is -3.44. The summed E-state index contributed by atoms with van der Waals surface area (Å²) in [7, 11) is -3.44. The second-order valence-corrected chi connectivity index (χ2v) is 7.64. The summed E-state index contributed by atoms with van der Waals surface area (Å²) in [6.45, 7) is 4.96. The van der Waals surface area contributed by atoms with Crippen molar-refractivity contribution in [2.75, 3.05) is 13.1 Å². The molecule has 1 saturated heterocycles. The summed E-state index contributed by atoms with van der Waals surface area (Å²) >= 11 is 0. The van der Waals surface area contributed by atoms with Crippen LogP contribution in [0.2, 0.25) is 0 Å². The van der Waals surface area contributed by atoms with Crippen LogP contribution in [0.25, 0.3) is 0 Å². The number of sulfonamides is 1. The number of benzene rings is 1. The fourth-order valence-corrected chi connectivity index (χ4v) is 4.21. The Kier molecular flexibility index (Phi) is 4.52. The highest BCUT2D eigenvalue weighted by molar-refractivity contribution is 7.89. The third-order valence-electron chi connectivity index (χ3n) is 4.13. The SMILES string of the molecule is Cc1noc(C)c1COC1CCN(S(=O)(=O)c2ccccc2)C1. The fraction of sp³-hybridized carbons (Fsp3) is 0.438. The maximum atomic E-state index is 12.6. The van der Waals surface area contributed by atoms with E-state index in [2.05, 4.69) is 5.16 Å². The maximum Gasteiger partial charge on any atom is 0.243 e. The number of aromatic nitrogens is 1. The van der Waals surface area contributed by atoms with E-state index in [9.17, 15) is 8.42 Å². The van der Waals surface area contributed by atoms with Gasteiger partial charge in [-0.1, -0.05) is 23.4 Å². The van der Waals surface area contributed by atoms with E-state index in [1.54, 1.807) is 30.3 Å². The molecule has 2 aromatic rings. The maximum absolute atomic E-state index is 12.6. The molecule has 1 aromatic heterocycles. The molecule has 23 heavy (non-hydrogen) atoms. The largest absolute Gasteiger partial charge is 0.372 e. The lowest BCUT2D eigenvalue weighted by Crippen LogP contribution is -2.30. The lowest BCUT2D eigenvalue weighted by atomic mass is 10.2. The van der Waals surface area contributed by atoms with Gasteiger partial charge in [-0.15, -0.1) is 0 Å². The van der Waals surface area contributed by atoms with E-state index in [0.717, 1.165) is 17.0 Å². The third kappa shape index (κ3) is 3.31. The van der Waals surface area contributed by atoms with E-state index in [1.165, 1.54) is 4.31 Å². The van der Waals surface area contributed by atoms with Crippen molar-refractivity contribution in [3.8, 4) is 0 Å². The molecule has 0 radical (unpaired) electrons. The smallest absolute Gasteiger partial charge is 0.243 e. The Hall–Kier alpha value is -1.70. The van der Waals surface area contributed by atoms with Crippen LogP contribution in [0, 0.1) is 13.8 Å². The third-order valence-corrected chi connectivity index (χ3v) is 6.01. The van der Waals surface area contributed by atoms with Gasteiger partial charge < -0.3 is 9.26 Å². The van der Waals surface area contributed by atoms with E-state index in [-0.39, 0.29) is 6.10 Å². The number of nitrogens with zero attached hydrogens (tertiary/aromatic N) is 2. The molecule has 0 spiro atoms. The first kappa shape index (κ1) is 16.2. The van der Waals surface area contributed by atoms with Crippen LogP contribution >= 0.6 is 0 Å². The number of hydrogen-bond acceptors (Lipinski definition) is 5. The van der Waals surface area contributed by atoms with Crippen molar-refractivity contribution in [1.82, 2.24) is 9.46 Å². The standard InChI is InChI=1S/C16H20N2O4S/c1-12-16(13(2)22-17-12)11-21-14-8-9-18(10-14)23(19,20)15-6-4-3-5-7-15/h3-7,14H,8-11H2,1-2H3. The Balaban J connectivity index is 1.63. The van der Waals surface area contributed by atoms with Crippen molar-refractivity contribution >= 4 is 10.0 Å². The van der Waals surface area contributed by atoms with Crippen LogP contribution in [0.3, 0.4) is 0 Å².